The van der Waals surface area contributed by atoms with Gasteiger partial charge in [0.2, 0.25) is 5.89 Å². The lowest BCUT2D eigenvalue weighted by molar-refractivity contribution is 0.0944. The number of hydrogen-bond donors (Lipinski definition) is 2. The highest BCUT2D eigenvalue weighted by Crippen LogP contribution is 2.33. The van der Waals surface area contributed by atoms with E-state index < -0.39 is 17.5 Å². The number of carbonyl (C=O) groups is 1. The largest absolute Gasteiger partial charge is 0.493 e. The van der Waals surface area contributed by atoms with E-state index in [-0.39, 0.29) is 36.0 Å². The van der Waals surface area contributed by atoms with Crippen molar-refractivity contribution in [2.24, 2.45) is 5.73 Å². The number of nitrogens with one attached hydrogen (secondary N) is 1. The van der Waals surface area contributed by atoms with Crippen molar-refractivity contribution in [2.75, 3.05) is 13.7 Å². The minimum atomic E-state index is -0.751. The van der Waals surface area contributed by atoms with Crippen molar-refractivity contribution in [1.82, 2.24) is 10.3 Å². The number of unbranched alkanes of at least 4 members (excludes halogenated alkanes) is 1. The van der Waals surface area contributed by atoms with E-state index in [9.17, 15) is 13.6 Å². The van der Waals surface area contributed by atoms with Crippen LogP contribution in [0.15, 0.2) is 40.8 Å². The third-order valence-corrected chi connectivity index (χ3v) is 4.72. The summed E-state index contributed by atoms with van der Waals surface area (Å²) < 4.78 is 43.7. The molecule has 0 spiro atoms. The molecule has 3 rings (SSSR count). The van der Waals surface area contributed by atoms with Crippen LogP contribution in [0.5, 0.6) is 11.5 Å². The van der Waals surface area contributed by atoms with E-state index in [1.54, 1.807) is 25.3 Å². The lowest BCUT2D eigenvalue weighted by Gasteiger charge is -2.11. The Morgan fingerprint density at radius 3 is 2.56 bits per heavy atom. The summed E-state index contributed by atoms with van der Waals surface area (Å²) >= 11 is 0. The number of carbonyl (C=O) groups excluding carboxylic acids is 1. The molecule has 3 N–H and O–H groups in total. The van der Waals surface area contributed by atoms with Crippen LogP contribution in [0.2, 0.25) is 0 Å². The minimum Gasteiger partial charge on any atom is -0.493 e. The Morgan fingerprint density at radius 1 is 1.15 bits per heavy atom. The molecule has 3 aromatic rings. The molecule has 0 atom stereocenters. The first kappa shape index (κ1) is 26.8. The first-order valence-corrected chi connectivity index (χ1v) is 11.2. The van der Waals surface area contributed by atoms with Crippen LogP contribution in [-0.2, 0) is 13.1 Å². The molecule has 2 aromatic carbocycles. The summed E-state index contributed by atoms with van der Waals surface area (Å²) in [5.74, 6) is -0.566. The van der Waals surface area contributed by atoms with Crippen molar-refractivity contribution in [3.63, 3.8) is 0 Å². The Kier molecular flexibility index (Phi) is 10.5. The van der Waals surface area contributed by atoms with Gasteiger partial charge in [-0.1, -0.05) is 33.3 Å². The van der Waals surface area contributed by atoms with Crippen molar-refractivity contribution >= 4 is 5.91 Å². The lowest BCUT2D eigenvalue weighted by Crippen LogP contribution is -2.25. The van der Waals surface area contributed by atoms with Crippen molar-refractivity contribution in [1.29, 1.82) is 0 Å². The first-order valence-electron chi connectivity index (χ1n) is 11.2. The smallest absolute Gasteiger partial charge is 0.273 e. The molecule has 0 aliphatic rings. The summed E-state index contributed by atoms with van der Waals surface area (Å²) in [6.45, 7) is 6.39. The average Bonchev–Trinajstić information content (AvgIpc) is 3.29. The number of aromatic nitrogens is 1. The SMILES string of the molecule is CC.CCCCOc1cc(-c2nc(C(=O)NCc3ccc(F)cc3F)c(CN)o2)ccc1OC. The Balaban J connectivity index is 0.00000199. The van der Waals surface area contributed by atoms with E-state index >= 15 is 0 Å². The average molecular weight is 476 g/mol. The van der Waals surface area contributed by atoms with E-state index in [2.05, 4.69) is 17.2 Å². The topological polar surface area (TPSA) is 99.6 Å². The zero-order valence-corrected chi connectivity index (χ0v) is 19.9. The fourth-order valence-electron chi connectivity index (χ4n) is 2.96. The van der Waals surface area contributed by atoms with Crippen LogP contribution in [0.3, 0.4) is 0 Å². The number of nitrogens with zero attached hydrogens (tertiary/aromatic N) is 1. The standard InChI is InChI=1S/C23H25F2N3O4.C2H6/c1-3-4-9-31-19-10-14(6-8-18(19)30-2)23-28-21(20(12-26)32-23)22(29)27-13-15-5-7-16(24)11-17(15)25;1-2/h5-8,10-11H,3-4,9,12-13,26H2,1-2H3,(H,27,29);1-2H3. The quantitative estimate of drug-likeness (QED) is 0.390. The van der Waals surface area contributed by atoms with E-state index in [0.717, 1.165) is 25.0 Å². The number of benzene rings is 2. The van der Waals surface area contributed by atoms with Crippen LogP contribution in [0, 0.1) is 11.6 Å². The summed E-state index contributed by atoms with van der Waals surface area (Å²) in [6, 6.07) is 8.31. The molecule has 0 unspecified atom stereocenters. The second-order valence-electron chi connectivity index (χ2n) is 6.98. The van der Waals surface area contributed by atoms with Crippen LogP contribution in [-0.4, -0.2) is 24.6 Å². The van der Waals surface area contributed by atoms with Gasteiger partial charge in [-0.25, -0.2) is 13.8 Å². The number of methoxy groups -OCH3 is 1. The highest BCUT2D eigenvalue weighted by atomic mass is 19.1. The monoisotopic (exact) mass is 475 g/mol. The molecule has 0 aliphatic carbocycles. The van der Waals surface area contributed by atoms with Crippen LogP contribution in [0.4, 0.5) is 8.78 Å². The van der Waals surface area contributed by atoms with Gasteiger partial charge < -0.3 is 24.9 Å². The van der Waals surface area contributed by atoms with E-state index in [0.29, 0.717) is 23.7 Å². The maximum atomic E-state index is 13.8. The molecule has 0 saturated heterocycles. The van der Waals surface area contributed by atoms with Crippen molar-refractivity contribution in [2.45, 2.75) is 46.7 Å². The third kappa shape index (κ3) is 6.77. The predicted octanol–water partition coefficient (Wildman–Crippen LogP) is 5.22. The molecule has 1 amide bonds. The predicted molar refractivity (Wildman–Crippen MR) is 126 cm³/mol. The Bertz CT molecular complexity index is 1090. The van der Waals surface area contributed by atoms with Crippen molar-refractivity contribution < 1.29 is 27.5 Å². The molecule has 0 bridgehead atoms. The fraction of sp³-hybridized carbons (Fsp3) is 0.360. The number of rotatable bonds is 10. The number of oxazole rings is 1. The van der Waals surface area contributed by atoms with Crippen LogP contribution in [0.25, 0.3) is 11.5 Å². The molecule has 34 heavy (non-hydrogen) atoms. The first-order chi connectivity index (χ1) is 16.5. The van der Waals surface area contributed by atoms with Gasteiger partial charge in [0.05, 0.1) is 20.3 Å². The van der Waals surface area contributed by atoms with Gasteiger partial charge in [0.25, 0.3) is 5.91 Å². The zero-order chi connectivity index (χ0) is 25.1. The Hall–Kier alpha value is -3.46. The minimum absolute atomic E-state index is 0.00529. The molecule has 184 valence electrons. The van der Waals surface area contributed by atoms with Crippen LogP contribution in [0.1, 0.15) is 55.4 Å². The van der Waals surface area contributed by atoms with Gasteiger partial charge in [0, 0.05) is 23.7 Å². The van der Waals surface area contributed by atoms with Gasteiger partial charge in [0.1, 0.15) is 11.6 Å². The number of hydrogen-bond acceptors (Lipinski definition) is 6. The van der Waals surface area contributed by atoms with E-state index in [1.165, 1.54) is 6.07 Å². The van der Waals surface area contributed by atoms with E-state index in [1.807, 2.05) is 13.8 Å². The molecule has 1 aromatic heterocycles. The fourth-order valence-corrected chi connectivity index (χ4v) is 2.96. The molecule has 0 aliphatic heterocycles. The maximum Gasteiger partial charge on any atom is 0.273 e. The maximum absolute atomic E-state index is 13.8. The molecule has 7 nitrogen and oxygen atoms in total. The van der Waals surface area contributed by atoms with Crippen LogP contribution >= 0.6 is 0 Å². The number of ether oxygens (including phenoxy) is 2. The van der Waals surface area contributed by atoms with E-state index in [4.69, 9.17) is 19.6 Å². The third-order valence-electron chi connectivity index (χ3n) is 4.72. The second-order valence-corrected chi connectivity index (χ2v) is 6.98. The highest BCUT2D eigenvalue weighted by molar-refractivity contribution is 5.93. The Morgan fingerprint density at radius 2 is 1.91 bits per heavy atom. The Labute approximate surface area is 198 Å². The molecular formula is C25H31F2N3O4. The molecule has 0 fully saturated rings. The molecule has 0 saturated carbocycles. The summed E-state index contributed by atoms with van der Waals surface area (Å²) in [4.78, 5) is 16.9. The van der Waals surface area contributed by atoms with Gasteiger partial charge in [-0.05, 0) is 30.7 Å². The number of nitrogens with two attached hydrogens (primary N) is 1. The molecule has 1 heterocycles. The summed E-state index contributed by atoms with van der Waals surface area (Å²) in [6.07, 6.45) is 1.88. The van der Waals surface area contributed by atoms with Gasteiger partial charge in [-0.15, -0.1) is 0 Å². The van der Waals surface area contributed by atoms with Crippen LogP contribution < -0.4 is 20.5 Å². The molecule has 9 heteroatoms. The summed E-state index contributed by atoms with van der Waals surface area (Å²) in [7, 11) is 1.55. The van der Waals surface area contributed by atoms with Crippen molar-refractivity contribution in [3.05, 3.63) is 65.1 Å². The summed E-state index contributed by atoms with van der Waals surface area (Å²) in [5.41, 5.74) is 6.44. The molecular weight excluding hydrogens is 444 g/mol. The highest BCUT2D eigenvalue weighted by Gasteiger charge is 2.21. The van der Waals surface area contributed by atoms with Crippen molar-refractivity contribution in [3.8, 4) is 23.0 Å². The summed E-state index contributed by atoms with van der Waals surface area (Å²) in [5, 5.41) is 2.55. The number of amides is 1. The normalized spacial score (nSPS) is 10.3. The van der Waals surface area contributed by atoms with Gasteiger partial charge >= 0.3 is 0 Å². The van der Waals surface area contributed by atoms with Gasteiger partial charge in [0.15, 0.2) is 23.0 Å². The second kappa shape index (κ2) is 13.3. The van der Waals surface area contributed by atoms with Gasteiger partial charge in [-0.3, -0.25) is 4.79 Å². The lowest BCUT2D eigenvalue weighted by atomic mass is 10.2. The zero-order valence-electron chi connectivity index (χ0n) is 19.9. The molecule has 0 radical (unpaired) electrons. The van der Waals surface area contributed by atoms with Gasteiger partial charge in [-0.2, -0.15) is 0 Å². The number of halogens is 2.